The van der Waals surface area contributed by atoms with Crippen LogP contribution in [0, 0.1) is 11.6 Å². The summed E-state index contributed by atoms with van der Waals surface area (Å²) in [6, 6.07) is 2.01. The van der Waals surface area contributed by atoms with E-state index in [2.05, 4.69) is 21.9 Å². The van der Waals surface area contributed by atoms with E-state index in [9.17, 15) is 0 Å². The molecule has 2 rings (SSSR count). The third-order valence-corrected chi connectivity index (χ3v) is 2.66. The van der Waals surface area contributed by atoms with Gasteiger partial charge in [0.1, 0.15) is 10.3 Å². The maximum atomic E-state index is 5.58. The second-order valence-corrected chi connectivity index (χ2v) is 3.82. The predicted molar refractivity (Wildman–Crippen MR) is 63.3 cm³/mol. The summed E-state index contributed by atoms with van der Waals surface area (Å²) in [6.45, 7) is 4.09. The molecule has 0 saturated carbocycles. The minimum Gasteiger partial charge on any atom is -0.369 e. The van der Waals surface area contributed by atoms with Gasteiger partial charge in [0.05, 0.1) is 5.39 Å². The van der Waals surface area contributed by atoms with E-state index < -0.39 is 0 Å². The third kappa shape index (κ3) is 1.70. The van der Waals surface area contributed by atoms with Crippen LogP contribution < -0.4 is 5.73 Å². The van der Waals surface area contributed by atoms with Crippen LogP contribution in [0.5, 0.6) is 0 Å². The molecule has 2 heterocycles. The van der Waals surface area contributed by atoms with E-state index in [0.717, 1.165) is 28.7 Å². The largest absolute Gasteiger partial charge is 0.369 e. The van der Waals surface area contributed by atoms with Gasteiger partial charge in [-0.2, -0.15) is 0 Å². The Morgan fingerprint density at radius 3 is 2.87 bits per heavy atom. The second-order valence-electron chi connectivity index (χ2n) is 3.43. The van der Waals surface area contributed by atoms with Gasteiger partial charge in [-0.1, -0.05) is 19.1 Å². The van der Waals surface area contributed by atoms with Gasteiger partial charge in [-0.05, 0) is 25.0 Å². The molecule has 0 aliphatic heterocycles. The van der Waals surface area contributed by atoms with Gasteiger partial charge in [0.15, 0.2) is 5.95 Å². The number of H-pyrrole nitrogens is 1. The summed E-state index contributed by atoms with van der Waals surface area (Å²) in [6.07, 6.45) is 0.893. The van der Waals surface area contributed by atoms with Crippen LogP contribution in [0.15, 0.2) is 6.07 Å². The fourth-order valence-electron chi connectivity index (χ4n) is 1.59. The van der Waals surface area contributed by atoms with E-state index in [-0.39, 0.29) is 0 Å². The molecule has 15 heavy (non-hydrogen) atoms. The van der Waals surface area contributed by atoms with Crippen LogP contribution in [-0.2, 0) is 6.42 Å². The zero-order chi connectivity index (χ0) is 11.0. The zero-order valence-electron chi connectivity index (χ0n) is 8.66. The average Bonchev–Trinajstić information content (AvgIpc) is 2.18. The molecule has 4 nitrogen and oxygen atoms in total. The van der Waals surface area contributed by atoms with Crippen LogP contribution in [0.1, 0.15) is 18.2 Å². The monoisotopic (exact) mass is 220 g/mol. The number of aromatic amines is 1. The lowest BCUT2D eigenvalue weighted by Crippen LogP contribution is -2.00. The first kappa shape index (κ1) is 10.0. The highest BCUT2D eigenvalue weighted by Gasteiger charge is 2.04. The number of nitrogens with one attached hydrogen (secondary N) is 1. The molecule has 2 aromatic heterocycles. The van der Waals surface area contributed by atoms with Crippen molar-refractivity contribution >= 4 is 29.2 Å². The molecule has 0 aliphatic carbocycles. The Labute approximate surface area is 92.6 Å². The van der Waals surface area contributed by atoms with Crippen molar-refractivity contribution in [2.75, 3.05) is 5.73 Å². The Morgan fingerprint density at radius 1 is 1.47 bits per heavy atom. The van der Waals surface area contributed by atoms with Crippen LogP contribution in [0.25, 0.3) is 11.0 Å². The summed E-state index contributed by atoms with van der Waals surface area (Å²) in [5.74, 6) is 0.311. The lowest BCUT2D eigenvalue weighted by atomic mass is 10.1. The molecule has 0 atom stereocenters. The number of fused-ring (bicyclic) bond motifs is 1. The summed E-state index contributed by atoms with van der Waals surface area (Å²) >= 11 is 5.13. The predicted octanol–water partition coefficient (Wildman–Crippen LogP) is 2.14. The van der Waals surface area contributed by atoms with Gasteiger partial charge < -0.3 is 10.7 Å². The van der Waals surface area contributed by atoms with Crippen LogP contribution in [-0.4, -0.2) is 15.0 Å². The maximum Gasteiger partial charge on any atom is 0.200 e. The van der Waals surface area contributed by atoms with Crippen molar-refractivity contribution in [3.8, 4) is 0 Å². The topological polar surface area (TPSA) is 67.6 Å². The summed E-state index contributed by atoms with van der Waals surface area (Å²) in [7, 11) is 0. The van der Waals surface area contributed by atoms with Crippen molar-refractivity contribution in [1.82, 2.24) is 15.0 Å². The number of nitrogens with two attached hydrogens (primary N) is 1. The lowest BCUT2D eigenvalue weighted by Gasteiger charge is -2.05. The normalized spacial score (nSPS) is 10.8. The van der Waals surface area contributed by atoms with Crippen molar-refractivity contribution in [1.29, 1.82) is 0 Å². The fraction of sp³-hybridized carbons (Fsp3) is 0.300. The molecular formula is C10H12N4S. The highest BCUT2D eigenvalue weighted by Crippen LogP contribution is 2.16. The van der Waals surface area contributed by atoms with Gasteiger partial charge in [0.25, 0.3) is 0 Å². The van der Waals surface area contributed by atoms with Crippen LogP contribution >= 0.6 is 12.2 Å². The number of nitrogen functional groups attached to an aromatic ring is 1. The van der Waals surface area contributed by atoms with Crippen molar-refractivity contribution in [2.24, 2.45) is 0 Å². The quantitative estimate of drug-likeness (QED) is 0.722. The Bertz CT molecular complexity index is 573. The van der Waals surface area contributed by atoms with Gasteiger partial charge in [-0.25, -0.2) is 9.97 Å². The van der Waals surface area contributed by atoms with Gasteiger partial charge in [0.2, 0.25) is 0 Å². The summed E-state index contributed by atoms with van der Waals surface area (Å²) in [5, 5.41) is 0.855. The Balaban J connectivity index is 2.87. The molecule has 5 heteroatoms. The maximum absolute atomic E-state index is 5.58. The SMILES string of the molecule is CCc1nc2[nH]c(N)nc(=S)c2cc1C. The van der Waals surface area contributed by atoms with Gasteiger partial charge >= 0.3 is 0 Å². The molecule has 0 aromatic carbocycles. The van der Waals surface area contributed by atoms with Crippen LogP contribution in [0.3, 0.4) is 0 Å². The number of pyridine rings is 1. The number of hydrogen-bond donors (Lipinski definition) is 2. The molecule has 0 amide bonds. The fourth-order valence-corrected chi connectivity index (χ4v) is 1.84. The van der Waals surface area contributed by atoms with Gasteiger partial charge in [-0.15, -0.1) is 0 Å². The molecule has 78 valence electrons. The third-order valence-electron chi connectivity index (χ3n) is 2.35. The van der Waals surface area contributed by atoms with E-state index in [0.29, 0.717) is 10.6 Å². The number of aryl methyl sites for hydroxylation is 2. The molecule has 3 N–H and O–H groups in total. The molecule has 0 aliphatic rings. The van der Waals surface area contributed by atoms with Crippen molar-refractivity contribution in [3.05, 3.63) is 22.0 Å². The Kier molecular flexibility index (Phi) is 2.40. The lowest BCUT2D eigenvalue weighted by molar-refractivity contribution is 1.01. The van der Waals surface area contributed by atoms with E-state index >= 15 is 0 Å². The van der Waals surface area contributed by atoms with Crippen molar-refractivity contribution < 1.29 is 0 Å². The second kappa shape index (κ2) is 3.58. The van der Waals surface area contributed by atoms with E-state index in [1.54, 1.807) is 0 Å². The number of aromatic nitrogens is 3. The number of nitrogens with zero attached hydrogens (tertiary/aromatic N) is 2. The molecule has 0 saturated heterocycles. The smallest absolute Gasteiger partial charge is 0.200 e. The minimum absolute atomic E-state index is 0.311. The standard InChI is InChI=1S/C10H12N4S/c1-3-7-5(2)4-6-8(12-7)13-10(11)14-9(6)15/h4H,3H2,1-2H3,(H3,11,12,13,14,15). The zero-order valence-corrected chi connectivity index (χ0v) is 9.48. The number of rotatable bonds is 1. The van der Waals surface area contributed by atoms with E-state index in [1.165, 1.54) is 0 Å². The Morgan fingerprint density at radius 2 is 2.20 bits per heavy atom. The molecule has 0 fully saturated rings. The number of hydrogen-bond acceptors (Lipinski definition) is 4. The number of anilines is 1. The molecule has 0 radical (unpaired) electrons. The summed E-state index contributed by atoms with van der Waals surface area (Å²) in [4.78, 5) is 11.4. The average molecular weight is 220 g/mol. The van der Waals surface area contributed by atoms with E-state index in [1.807, 2.05) is 13.0 Å². The van der Waals surface area contributed by atoms with Crippen molar-refractivity contribution in [2.45, 2.75) is 20.3 Å². The molecule has 0 unspecified atom stereocenters. The van der Waals surface area contributed by atoms with Gasteiger partial charge in [-0.3, -0.25) is 0 Å². The first-order valence-electron chi connectivity index (χ1n) is 4.78. The first-order valence-corrected chi connectivity index (χ1v) is 5.18. The minimum atomic E-state index is 0.311. The first-order chi connectivity index (χ1) is 7.11. The van der Waals surface area contributed by atoms with Crippen LogP contribution in [0.4, 0.5) is 5.95 Å². The molecule has 0 spiro atoms. The molecular weight excluding hydrogens is 208 g/mol. The highest BCUT2D eigenvalue weighted by atomic mass is 32.1. The van der Waals surface area contributed by atoms with Gasteiger partial charge in [0, 0.05) is 5.69 Å². The van der Waals surface area contributed by atoms with E-state index in [4.69, 9.17) is 18.0 Å². The summed E-state index contributed by atoms with van der Waals surface area (Å²) < 4.78 is 0.500. The highest BCUT2D eigenvalue weighted by molar-refractivity contribution is 7.71. The Hall–Kier alpha value is -1.49. The summed E-state index contributed by atoms with van der Waals surface area (Å²) in [5.41, 5.74) is 8.49. The molecule has 0 bridgehead atoms. The van der Waals surface area contributed by atoms with Crippen molar-refractivity contribution in [3.63, 3.8) is 0 Å². The molecule has 2 aromatic rings. The van der Waals surface area contributed by atoms with Crippen LogP contribution in [0.2, 0.25) is 0 Å².